The van der Waals surface area contributed by atoms with Crippen LogP contribution in [0.4, 0.5) is 0 Å². The lowest BCUT2D eigenvalue weighted by atomic mass is 10.1. The second-order valence-electron chi connectivity index (χ2n) is 17.1. The van der Waals surface area contributed by atoms with Crippen molar-refractivity contribution in [2.75, 3.05) is 13.2 Å². The molecule has 0 aliphatic rings. The summed E-state index contributed by atoms with van der Waals surface area (Å²) >= 11 is 0. The summed E-state index contributed by atoms with van der Waals surface area (Å²) < 4.78 is 16.7. The largest absolute Gasteiger partial charge is 0.462 e. The molecule has 6 nitrogen and oxygen atoms in total. The van der Waals surface area contributed by atoms with Crippen molar-refractivity contribution in [2.45, 2.75) is 258 Å². The van der Waals surface area contributed by atoms with Gasteiger partial charge in [-0.05, 0) is 89.9 Å². The first-order chi connectivity index (χ1) is 30.0. The molecule has 1 unspecified atom stereocenters. The molecule has 0 rings (SSSR count). The highest BCUT2D eigenvalue weighted by atomic mass is 16.6. The van der Waals surface area contributed by atoms with E-state index in [9.17, 15) is 14.4 Å². The molecule has 0 radical (unpaired) electrons. The number of hydrogen-bond donors (Lipinski definition) is 0. The normalized spacial score (nSPS) is 12.5. The van der Waals surface area contributed by atoms with Crippen molar-refractivity contribution in [3.8, 4) is 0 Å². The molecule has 0 aromatic heterocycles. The van der Waals surface area contributed by atoms with Gasteiger partial charge >= 0.3 is 17.9 Å². The Morgan fingerprint density at radius 1 is 0.328 bits per heavy atom. The highest BCUT2D eigenvalue weighted by Gasteiger charge is 2.19. The summed E-state index contributed by atoms with van der Waals surface area (Å²) in [5.41, 5.74) is 0. The third-order valence-electron chi connectivity index (χ3n) is 11.0. The second kappa shape index (κ2) is 49.8. The van der Waals surface area contributed by atoms with E-state index in [0.717, 1.165) is 103 Å². The van der Waals surface area contributed by atoms with Gasteiger partial charge in [-0.3, -0.25) is 14.4 Å². The molecule has 0 aliphatic heterocycles. The second-order valence-corrected chi connectivity index (χ2v) is 17.1. The Labute approximate surface area is 377 Å². The number of carbonyl (C=O) groups is 3. The number of allylic oxidation sites excluding steroid dienone is 10. The van der Waals surface area contributed by atoms with Crippen LogP contribution < -0.4 is 0 Å². The zero-order valence-corrected chi connectivity index (χ0v) is 40.2. The number of carbonyl (C=O) groups excluding carboxylic acids is 3. The molecule has 0 heterocycles. The van der Waals surface area contributed by atoms with Gasteiger partial charge in [-0.15, -0.1) is 0 Å². The summed E-state index contributed by atoms with van der Waals surface area (Å²) in [5.74, 6) is -0.953. The Morgan fingerprint density at radius 2 is 0.607 bits per heavy atom. The number of hydrogen-bond acceptors (Lipinski definition) is 6. The predicted octanol–water partition coefficient (Wildman–Crippen LogP) is 16.9. The fourth-order valence-electron chi connectivity index (χ4n) is 7.05. The molecule has 352 valence electrons. The Kier molecular flexibility index (Phi) is 47.4. The average Bonchev–Trinajstić information content (AvgIpc) is 3.26. The van der Waals surface area contributed by atoms with Gasteiger partial charge in [-0.2, -0.15) is 0 Å². The molecule has 6 heteroatoms. The Hall–Kier alpha value is -2.89. The van der Waals surface area contributed by atoms with Crippen molar-refractivity contribution in [3.05, 3.63) is 60.8 Å². The molecule has 0 aliphatic carbocycles. The van der Waals surface area contributed by atoms with E-state index in [1.54, 1.807) is 0 Å². The topological polar surface area (TPSA) is 78.9 Å². The van der Waals surface area contributed by atoms with Gasteiger partial charge in [-0.1, -0.05) is 204 Å². The summed E-state index contributed by atoms with van der Waals surface area (Å²) in [7, 11) is 0. The molecular weight excluding hydrogens is 757 g/mol. The summed E-state index contributed by atoms with van der Waals surface area (Å²) in [6, 6.07) is 0. The van der Waals surface area contributed by atoms with Crippen molar-refractivity contribution in [1.29, 1.82) is 0 Å². The van der Waals surface area contributed by atoms with Crippen LogP contribution in [0.5, 0.6) is 0 Å². The van der Waals surface area contributed by atoms with E-state index in [1.165, 1.54) is 109 Å². The average molecular weight is 853 g/mol. The summed E-state index contributed by atoms with van der Waals surface area (Å²) in [5, 5.41) is 0. The first-order valence-electron chi connectivity index (χ1n) is 25.8. The summed E-state index contributed by atoms with van der Waals surface area (Å²) in [6.45, 7) is 6.53. The third kappa shape index (κ3) is 48.0. The number of ether oxygens (including phenoxy) is 3. The molecule has 0 bridgehead atoms. The maximum atomic E-state index is 12.8. The Bertz CT molecular complexity index is 1120. The quantitative estimate of drug-likeness (QED) is 0.0200. The molecule has 0 aromatic carbocycles. The van der Waals surface area contributed by atoms with Crippen LogP contribution in [-0.2, 0) is 28.6 Å². The lowest BCUT2D eigenvalue weighted by molar-refractivity contribution is -0.167. The van der Waals surface area contributed by atoms with Gasteiger partial charge in [0.05, 0.1) is 0 Å². The number of rotatable bonds is 46. The van der Waals surface area contributed by atoms with Crippen LogP contribution in [0.3, 0.4) is 0 Å². The van der Waals surface area contributed by atoms with Crippen molar-refractivity contribution in [3.63, 3.8) is 0 Å². The van der Waals surface area contributed by atoms with E-state index in [0.29, 0.717) is 19.3 Å². The first kappa shape index (κ1) is 58.1. The third-order valence-corrected chi connectivity index (χ3v) is 11.0. The molecule has 0 fully saturated rings. The van der Waals surface area contributed by atoms with Gasteiger partial charge in [0.2, 0.25) is 0 Å². The molecular formula is C55H96O6. The standard InChI is InChI=1S/C55H96O6/c1-4-7-10-13-16-19-22-24-26-27-28-29-31-33-36-39-42-45-48-54(57)60-51-52(50-59-53(56)47-44-41-38-35-32-21-18-15-12-9-6-3)61-55(58)49-46-43-40-37-34-30-25-23-20-17-14-11-8-5-2/h15,18,21,26-30,32,34,52H,4-14,16-17,19-20,22-25,31,33,35-51H2,1-3H3/b18-15-,27-26-,29-28-,32-21-,34-30-. The summed E-state index contributed by atoms with van der Waals surface area (Å²) in [6.07, 6.45) is 60.6. The maximum absolute atomic E-state index is 12.8. The van der Waals surface area contributed by atoms with Crippen LogP contribution in [0.2, 0.25) is 0 Å². The van der Waals surface area contributed by atoms with Crippen molar-refractivity contribution in [1.82, 2.24) is 0 Å². The van der Waals surface area contributed by atoms with Crippen LogP contribution in [0.25, 0.3) is 0 Å². The van der Waals surface area contributed by atoms with Crippen molar-refractivity contribution >= 4 is 17.9 Å². The lowest BCUT2D eigenvalue weighted by Gasteiger charge is -2.18. The van der Waals surface area contributed by atoms with E-state index in [1.807, 2.05) is 0 Å². The van der Waals surface area contributed by atoms with Crippen LogP contribution in [-0.4, -0.2) is 37.2 Å². The van der Waals surface area contributed by atoms with Crippen LogP contribution in [0.15, 0.2) is 60.8 Å². The fourth-order valence-corrected chi connectivity index (χ4v) is 7.05. The van der Waals surface area contributed by atoms with Crippen LogP contribution in [0.1, 0.15) is 252 Å². The molecule has 0 saturated carbocycles. The Morgan fingerprint density at radius 3 is 0.984 bits per heavy atom. The van der Waals surface area contributed by atoms with E-state index in [2.05, 4.69) is 81.5 Å². The van der Waals surface area contributed by atoms with Crippen molar-refractivity contribution in [2.24, 2.45) is 0 Å². The highest BCUT2D eigenvalue weighted by Crippen LogP contribution is 2.13. The zero-order chi connectivity index (χ0) is 44.4. The molecule has 0 spiro atoms. The zero-order valence-electron chi connectivity index (χ0n) is 40.2. The van der Waals surface area contributed by atoms with Crippen LogP contribution in [0, 0.1) is 0 Å². The van der Waals surface area contributed by atoms with Gasteiger partial charge in [0.15, 0.2) is 6.10 Å². The van der Waals surface area contributed by atoms with Gasteiger partial charge in [0.1, 0.15) is 13.2 Å². The van der Waals surface area contributed by atoms with E-state index < -0.39 is 6.10 Å². The number of esters is 3. The maximum Gasteiger partial charge on any atom is 0.306 e. The highest BCUT2D eigenvalue weighted by molar-refractivity contribution is 5.71. The molecule has 0 N–H and O–H groups in total. The smallest absolute Gasteiger partial charge is 0.306 e. The molecule has 61 heavy (non-hydrogen) atoms. The van der Waals surface area contributed by atoms with Crippen molar-refractivity contribution < 1.29 is 28.6 Å². The molecule has 0 aromatic rings. The summed E-state index contributed by atoms with van der Waals surface area (Å²) in [4.78, 5) is 37.9. The minimum atomic E-state index is -0.797. The van der Waals surface area contributed by atoms with Crippen LogP contribution >= 0.6 is 0 Å². The Balaban J connectivity index is 4.42. The minimum Gasteiger partial charge on any atom is -0.462 e. The predicted molar refractivity (Wildman–Crippen MR) is 261 cm³/mol. The van der Waals surface area contributed by atoms with E-state index in [-0.39, 0.29) is 31.1 Å². The molecule has 1 atom stereocenters. The van der Waals surface area contributed by atoms with Gasteiger partial charge in [-0.25, -0.2) is 0 Å². The minimum absolute atomic E-state index is 0.0968. The lowest BCUT2D eigenvalue weighted by Crippen LogP contribution is -2.30. The van der Waals surface area contributed by atoms with Gasteiger partial charge in [0, 0.05) is 19.3 Å². The monoisotopic (exact) mass is 853 g/mol. The van der Waals surface area contributed by atoms with E-state index in [4.69, 9.17) is 14.2 Å². The van der Waals surface area contributed by atoms with Gasteiger partial charge < -0.3 is 14.2 Å². The fraction of sp³-hybridized carbons (Fsp3) is 0.764. The van der Waals surface area contributed by atoms with Gasteiger partial charge in [0.25, 0.3) is 0 Å². The first-order valence-corrected chi connectivity index (χ1v) is 25.8. The SMILES string of the molecule is CCCC/C=C\C=C/CCCCCC(=O)OCC(COC(=O)CCCCCCC/C=C\C=C/CCCCCCCCC)OC(=O)CCCCC/C=C\CCCCCCCCC. The molecule has 0 saturated heterocycles. The van der Waals surface area contributed by atoms with E-state index >= 15 is 0 Å². The number of unbranched alkanes of at least 4 members (excludes halogenated alkanes) is 27. The molecule has 0 amide bonds.